The fraction of sp³-hybridized carbons (Fsp3) is 0.700. The predicted octanol–water partition coefficient (Wildman–Crippen LogP) is 0.546. The van der Waals surface area contributed by atoms with Crippen molar-refractivity contribution in [3.63, 3.8) is 0 Å². The van der Waals surface area contributed by atoms with Crippen molar-refractivity contribution in [2.45, 2.75) is 13.5 Å². The van der Waals surface area contributed by atoms with Crippen LogP contribution in [0.2, 0.25) is 0 Å². The van der Waals surface area contributed by atoms with Crippen LogP contribution in [0.3, 0.4) is 0 Å². The molecule has 0 aliphatic carbocycles. The average molecular weight is 195 g/mol. The van der Waals surface area contributed by atoms with Gasteiger partial charge in [0.05, 0.1) is 19.8 Å². The second-order valence-corrected chi connectivity index (χ2v) is 4.36. The minimum absolute atomic E-state index is 0.338. The summed E-state index contributed by atoms with van der Waals surface area (Å²) in [5, 5.41) is 3.41. The summed E-state index contributed by atoms with van der Waals surface area (Å²) < 4.78 is 7.22. The van der Waals surface area contributed by atoms with E-state index >= 15 is 0 Å². The molecule has 78 valence electrons. The van der Waals surface area contributed by atoms with Gasteiger partial charge in [0, 0.05) is 31.4 Å². The zero-order valence-electron chi connectivity index (χ0n) is 8.79. The lowest BCUT2D eigenvalue weighted by Gasteiger charge is -2.38. The second kappa shape index (κ2) is 3.71. The number of hydrogen-bond donors (Lipinski definition) is 1. The molecule has 0 unspecified atom stereocenters. The van der Waals surface area contributed by atoms with Gasteiger partial charge < -0.3 is 14.6 Å². The normalized spacial score (nSPS) is 19.3. The molecule has 2 heterocycles. The van der Waals surface area contributed by atoms with Gasteiger partial charge in [-0.15, -0.1) is 0 Å². The molecule has 1 saturated heterocycles. The van der Waals surface area contributed by atoms with Gasteiger partial charge in [-0.3, -0.25) is 0 Å². The number of aryl methyl sites for hydroxylation is 1. The van der Waals surface area contributed by atoms with Crippen LogP contribution in [0, 0.1) is 5.41 Å². The molecule has 0 spiro atoms. The van der Waals surface area contributed by atoms with E-state index in [0.29, 0.717) is 5.41 Å². The molecule has 4 nitrogen and oxygen atoms in total. The van der Waals surface area contributed by atoms with Crippen molar-refractivity contribution in [1.29, 1.82) is 0 Å². The zero-order chi connectivity index (χ0) is 10.0. The summed E-state index contributed by atoms with van der Waals surface area (Å²) in [6.45, 7) is 5.82. The summed E-state index contributed by atoms with van der Waals surface area (Å²) in [7, 11) is 2.01. The van der Waals surface area contributed by atoms with Gasteiger partial charge in [-0.1, -0.05) is 6.92 Å². The number of hydrogen-bond acceptors (Lipinski definition) is 3. The van der Waals surface area contributed by atoms with E-state index in [9.17, 15) is 0 Å². The highest BCUT2D eigenvalue weighted by Gasteiger charge is 2.32. The second-order valence-electron chi connectivity index (χ2n) is 4.36. The SMILES string of the molecule is Cn1ccnc1CNCC1(C)COC1. The fourth-order valence-electron chi connectivity index (χ4n) is 1.60. The Morgan fingerprint density at radius 3 is 2.93 bits per heavy atom. The van der Waals surface area contributed by atoms with Gasteiger partial charge in [-0.2, -0.15) is 0 Å². The number of ether oxygens (including phenoxy) is 1. The third-order valence-corrected chi connectivity index (χ3v) is 2.66. The molecule has 1 N–H and O–H groups in total. The molecule has 1 aliphatic heterocycles. The van der Waals surface area contributed by atoms with Gasteiger partial charge >= 0.3 is 0 Å². The van der Waals surface area contributed by atoms with Gasteiger partial charge in [0.2, 0.25) is 0 Å². The van der Waals surface area contributed by atoms with Crippen molar-refractivity contribution in [2.24, 2.45) is 12.5 Å². The molecule has 0 atom stereocenters. The highest BCUT2D eigenvalue weighted by molar-refractivity contribution is 4.91. The molecule has 0 saturated carbocycles. The minimum Gasteiger partial charge on any atom is -0.380 e. The third-order valence-electron chi connectivity index (χ3n) is 2.66. The molecule has 0 aromatic carbocycles. The van der Waals surface area contributed by atoms with Gasteiger partial charge in [0.25, 0.3) is 0 Å². The van der Waals surface area contributed by atoms with E-state index < -0.39 is 0 Å². The third kappa shape index (κ3) is 1.96. The van der Waals surface area contributed by atoms with Crippen LogP contribution in [0.25, 0.3) is 0 Å². The molecular weight excluding hydrogens is 178 g/mol. The molecule has 0 amide bonds. The maximum Gasteiger partial charge on any atom is 0.122 e. The quantitative estimate of drug-likeness (QED) is 0.762. The fourth-order valence-corrected chi connectivity index (χ4v) is 1.60. The van der Waals surface area contributed by atoms with Crippen molar-refractivity contribution >= 4 is 0 Å². The highest BCUT2D eigenvalue weighted by atomic mass is 16.5. The van der Waals surface area contributed by atoms with Crippen molar-refractivity contribution in [1.82, 2.24) is 14.9 Å². The van der Waals surface area contributed by atoms with Crippen LogP contribution in [0.1, 0.15) is 12.7 Å². The molecule has 1 fully saturated rings. The predicted molar refractivity (Wildman–Crippen MR) is 53.8 cm³/mol. The van der Waals surface area contributed by atoms with Crippen LogP contribution in [0.15, 0.2) is 12.4 Å². The Kier molecular flexibility index (Phi) is 2.56. The summed E-state index contributed by atoms with van der Waals surface area (Å²) >= 11 is 0. The molecule has 1 aromatic rings. The first-order chi connectivity index (χ1) is 6.70. The smallest absolute Gasteiger partial charge is 0.122 e. The Balaban J connectivity index is 1.75. The molecule has 2 rings (SSSR count). The molecule has 1 aliphatic rings. The maximum atomic E-state index is 5.19. The van der Waals surface area contributed by atoms with Gasteiger partial charge in [0.15, 0.2) is 0 Å². The number of aromatic nitrogens is 2. The largest absolute Gasteiger partial charge is 0.380 e. The van der Waals surface area contributed by atoms with E-state index in [4.69, 9.17) is 4.74 Å². The summed E-state index contributed by atoms with van der Waals surface area (Å²) in [5.41, 5.74) is 0.338. The minimum atomic E-state index is 0.338. The van der Waals surface area contributed by atoms with Crippen LogP contribution >= 0.6 is 0 Å². The van der Waals surface area contributed by atoms with Crippen LogP contribution in [0.4, 0.5) is 0 Å². The highest BCUT2D eigenvalue weighted by Crippen LogP contribution is 2.25. The van der Waals surface area contributed by atoms with Crippen LogP contribution in [-0.4, -0.2) is 29.3 Å². The first-order valence-electron chi connectivity index (χ1n) is 4.94. The zero-order valence-corrected chi connectivity index (χ0v) is 8.79. The van der Waals surface area contributed by atoms with E-state index in [1.54, 1.807) is 0 Å². The lowest BCUT2D eigenvalue weighted by molar-refractivity contribution is -0.0992. The van der Waals surface area contributed by atoms with Crippen molar-refractivity contribution in [2.75, 3.05) is 19.8 Å². The van der Waals surface area contributed by atoms with E-state index in [1.807, 2.05) is 24.0 Å². The van der Waals surface area contributed by atoms with Gasteiger partial charge in [0.1, 0.15) is 5.82 Å². The monoisotopic (exact) mass is 195 g/mol. The Morgan fingerprint density at radius 2 is 2.43 bits per heavy atom. The Bertz CT molecular complexity index is 304. The van der Waals surface area contributed by atoms with Crippen LogP contribution in [0.5, 0.6) is 0 Å². The topological polar surface area (TPSA) is 39.1 Å². The van der Waals surface area contributed by atoms with Crippen molar-refractivity contribution in [3.05, 3.63) is 18.2 Å². The summed E-state index contributed by atoms with van der Waals surface area (Å²) in [6, 6.07) is 0. The molecule has 0 bridgehead atoms. The molecular formula is C10H17N3O. The number of rotatable bonds is 4. The average Bonchev–Trinajstić information content (AvgIpc) is 2.49. The van der Waals surface area contributed by atoms with Crippen LogP contribution < -0.4 is 5.32 Å². The Morgan fingerprint density at radius 1 is 1.64 bits per heavy atom. The first kappa shape index (κ1) is 9.68. The molecule has 0 radical (unpaired) electrons. The van der Waals surface area contributed by atoms with Gasteiger partial charge in [-0.05, 0) is 0 Å². The summed E-state index contributed by atoms with van der Waals surface area (Å²) in [5.74, 6) is 1.08. The molecule has 14 heavy (non-hydrogen) atoms. The summed E-state index contributed by atoms with van der Waals surface area (Å²) in [6.07, 6.45) is 3.79. The number of nitrogens with one attached hydrogen (secondary N) is 1. The Hall–Kier alpha value is -0.870. The standard InChI is InChI=1S/C10H17N3O/c1-10(7-14-8-10)6-11-5-9-12-3-4-13(9)2/h3-4,11H,5-8H2,1-2H3. The van der Waals surface area contributed by atoms with Crippen molar-refractivity contribution in [3.8, 4) is 0 Å². The Labute approximate surface area is 84.3 Å². The van der Waals surface area contributed by atoms with Crippen LogP contribution in [-0.2, 0) is 18.3 Å². The molecule has 4 heteroatoms. The van der Waals surface area contributed by atoms with Crippen molar-refractivity contribution < 1.29 is 4.74 Å². The van der Waals surface area contributed by atoms with E-state index in [1.165, 1.54) is 0 Å². The van der Waals surface area contributed by atoms with E-state index in [0.717, 1.165) is 32.1 Å². The van der Waals surface area contributed by atoms with E-state index in [2.05, 4.69) is 17.2 Å². The van der Waals surface area contributed by atoms with Gasteiger partial charge in [-0.25, -0.2) is 4.98 Å². The first-order valence-corrected chi connectivity index (χ1v) is 4.94. The lowest BCUT2D eigenvalue weighted by Crippen LogP contribution is -2.47. The lowest BCUT2D eigenvalue weighted by atomic mass is 9.89. The number of nitrogens with zero attached hydrogens (tertiary/aromatic N) is 2. The van der Waals surface area contributed by atoms with E-state index in [-0.39, 0.29) is 0 Å². The number of imidazole rings is 1. The maximum absolute atomic E-state index is 5.19. The molecule has 1 aromatic heterocycles. The summed E-state index contributed by atoms with van der Waals surface area (Å²) in [4.78, 5) is 4.25.